The Morgan fingerprint density at radius 3 is 2.65 bits per heavy atom. The molecule has 1 heterocycles. The molecule has 1 aliphatic rings. The summed E-state index contributed by atoms with van der Waals surface area (Å²) in [6.07, 6.45) is -2.16. The van der Waals surface area contributed by atoms with E-state index in [9.17, 15) is 10.2 Å². The third-order valence-electron chi connectivity index (χ3n) is 2.95. The Morgan fingerprint density at radius 2 is 2.00 bits per heavy atom. The smallest absolute Gasteiger partial charge is 0.161 e. The minimum absolute atomic E-state index is 0.304. The molecule has 0 saturated carbocycles. The number of rotatable bonds is 3. The molecule has 0 radical (unpaired) electrons. The van der Waals surface area contributed by atoms with E-state index >= 15 is 0 Å². The molecule has 4 heteroatoms. The average Bonchev–Trinajstić information content (AvgIpc) is 2.34. The Kier molecular flexibility index (Phi) is 4.12. The van der Waals surface area contributed by atoms with Gasteiger partial charge in [-0.15, -0.1) is 0 Å². The summed E-state index contributed by atoms with van der Waals surface area (Å²) < 4.78 is 11.0. The standard InChI is InChI=1S/C13H18O4/c1-9-13(15)11(14)7-12(17-9)16-8-10-5-3-2-4-6-10/h2-6,9,11-15H,7-8H2,1H3/t9-,11+,12-,13-/m0/s1. The van der Waals surface area contributed by atoms with Gasteiger partial charge >= 0.3 is 0 Å². The van der Waals surface area contributed by atoms with Crippen molar-refractivity contribution >= 4 is 0 Å². The van der Waals surface area contributed by atoms with Crippen LogP contribution in [-0.2, 0) is 16.1 Å². The molecule has 1 fully saturated rings. The predicted octanol–water partition coefficient (Wildman–Crippen LogP) is 1.06. The molecule has 2 N–H and O–H groups in total. The minimum Gasteiger partial charge on any atom is -0.390 e. The minimum atomic E-state index is -0.827. The summed E-state index contributed by atoms with van der Waals surface area (Å²) in [6.45, 7) is 2.17. The van der Waals surface area contributed by atoms with Gasteiger partial charge in [-0.2, -0.15) is 0 Å². The van der Waals surface area contributed by atoms with Crippen molar-refractivity contribution in [1.29, 1.82) is 0 Å². The molecule has 1 aromatic carbocycles. The third kappa shape index (κ3) is 3.26. The maximum Gasteiger partial charge on any atom is 0.161 e. The van der Waals surface area contributed by atoms with Gasteiger partial charge in [0.05, 0.1) is 18.8 Å². The van der Waals surface area contributed by atoms with Gasteiger partial charge in [0, 0.05) is 6.42 Å². The second-order valence-corrected chi connectivity index (χ2v) is 4.36. The van der Waals surface area contributed by atoms with Gasteiger partial charge in [-0.3, -0.25) is 0 Å². The van der Waals surface area contributed by atoms with E-state index in [1.807, 2.05) is 30.3 Å². The van der Waals surface area contributed by atoms with E-state index in [1.54, 1.807) is 6.92 Å². The van der Waals surface area contributed by atoms with Gasteiger partial charge in [0.1, 0.15) is 6.10 Å². The second-order valence-electron chi connectivity index (χ2n) is 4.36. The summed E-state index contributed by atoms with van der Waals surface area (Å²) in [4.78, 5) is 0. The maximum atomic E-state index is 9.61. The van der Waals surface area contributed by atoms with Crippen molar-refractivity contribution in [2.75, 3.05) is 0 Å². The van der Waals surface area contributed by atoms with Crippen LogP contribution >= 0.6 is 0 Å². The number of ether oxygens (including phenoxy) is 2. The van der Waals surface area contributed by atoms with Crippen molar-refractivity contribution in [3.8, 4) is 0 Å². The van der Waals surface area contributed by atoms with Gasteiger partial charge in [0.15, 0.2) is 6.29 Å². The molecule has 17 heavy (non-hydrogen) atoms. The Bertz CT molecular complexity index is 329. The SMILES string of the molecule is C[C@@H]1O[C@H](OCc2ccccc2)C[C@@H](O)[C@H]1O. The van der Waals surface area contributed by atoms with Gasteiger partial charge in [-0.05, 0) is 12.5 Å². The summed E-state index contributed by atoms with van der Waals surface area (Å²) >= 11 is 0. The summed E-state index contributed by atoms with van der Waals surface area (Å²) in [5, 5.41) is 19.1. The van der Waals surface area contributed by atoms with Crippen LogP contribution in [0.15, 0.2) is 30.3 Å². The Morgan fingerprint density at radius 1 is 1.29 bits per heavy atom. The molecule has 94 valence electrons. The van der Waals surface area contributed by atoms with E-state index in [0.29, 0.717) is 13.0 Å². The average molecular weight is 238 g/mol. The Labute approximate surface area is 101 Å². The van der Waals surface area contributed by atoms with E-state index in [1.165, 1.54) is 0 Å². The van der Waals surface area contributed by atoms with Gasteiger partial charge in [0.2, 0.25) is 0 Å². The topological polar surface area (TPSA) is 58.9 Å². The van der Waals surface area contributed by atoms with E-state index in [0.717, 1.165) is 5.56 Å². The van der Waals surface area contributed by atoms with Crippen molar-refractivity contribution in [2.45, 2.75) is 44.6 Å². The van der Waals surface area contributed by atoms with E-state index in [4.69, 9.17) is 9.47 Å². The molecule has 0 aliphatic carbocycles. The van der Waals surface area contributed by atoms with Crippen molar-refractivity contribution in [2.24, 2.45) is 0 Å². The van der Waals surface area contributed by atoms with Crippen LogP contribution in [0.4, 0.5) is 0 Å². The van der Waals surface area contributed by atoms with Gasteiger partial charge < -0.3 is 19.7 Å². The number of benzene rings is 1. The quantitative estimate of drug-likeness (QED) is 0.826. The van der Waals surface area contributed by atoms with E-state index < -0.39 is 24.6 Å². The first kappa shape index (κ1) is 12.5. The maximum absolute atomic E-state index is 9.61. The molecule has 0 unspecified atom stereocenters. The highest BCUT2D eigenvalue weighted by Gasteiger charge is 2.34. The zero-order valence-corrected chi connectivity index (χ0v) is 9.82. The lowest BCUT2D eigenvalue weighted by Crippen LogP contribution is -2.47. The lowest BCUT2D eigenvalue weighted by atomic mass is 10.0. The van der Waals surface area contributed by atoms with Crippen molar-refractivity contribution in [3.05, 3.63) is 35.9 Å². The fraction of sp³-hybridized carbons (Fsp3) is 0.538. The monoisotopic (exact) mass is 238 g/mol. The van der Waals surface area contributed by atoms with E-state index in [2.05, 4.69) is 0 Å². The van der Waals surface area contributed by atoms with E-state index in [-0.39, 0.29) is 0 Å². The number of hydrogen-bond donors (Lipinski definition) is 2. The third-order valence-corrected chi connectivity index (χ3v) is 2.95. The molecule has 0 aromatic heterocycles. The largest absolute Gasteiger partial charge is 0.390 e. The van der Waals surface area contributed by atoms with Gasteiger partial charge in [0.25, 0.3) is 0 Å². The van der Waals surface area contributed by atoms with Gasteiger partial charge in [-0.25, -0.2) is 0 Å². The summed E-state index contributed by atoms with van der Waals surface area (Å²) in [5.41, 5.74) is 1.06. The predicted molar refractivity (Wildman–Crippen MR) is 62.2 cm³/mol. The van der Waals surface area contributed by atoms with Crippen molar-refractivity contribution in [1.82, 2.24) is 0 Å². The number of hydrogen-bond acceptors (Lipinski definition) is 4. The zero-order valence-electron chi connectivity index (χ0n) is 9.82. The first-order chi connectivity index (χ1) is 8.16. The summed E-state index contributed by atoms with van der Waals surface area (Å²) in [6, 6.07) is 9.78. The lowest BCUT2D eigenvalue weighted by molar-refractivity contribution is -0.249. The molecule has 1 saturated heterocycles. The Hall–Kier alpha value is -0.940. The highest BCUT2D eigenvalue weighted by atomic mass is 16.7. The van der Waals surface area contributed by atoms with Crippen LogP contribution in [0, 0.1) is 0 Å². The fourth-order valence-corrected chi connectivity index (χ4v) is 1.90. The molecule has 1 aromatic rings. The number of aliphatic hydroxyl groups is 2. The molecule has 0 amide bonds. The van der Waals surface area contributed by atoms with Gasteiger partial charge in [-0.1, -0.05) is 30.3 Å². The first-order valence-corrected chi connectivity index (χ1v) is 5.84. The summed E-state index contributed by atoms with van der Waals surface area (Å²) in [5.74, 6) is 0. The van der Waals surface area contributed by atoms with Crippen LogP contribution in [0.2, 0.25) is 0 Å². The molecule has 0 bridgehead atoms. The molecule has 0 spiro atoms. The second kappa shape index (κ2) is 5.60. The number of aliphatic hydroxyl groups excluding tert-OH is 2. The van der Waals surface area contributed by atoms with Crippen LogP contribution in [0.25, 0.3) is 0 Å². The Balaban J connectivity index is 1.84. The molecule has 1 aliphatic heterocycles. The molecule has 2 rings (SSSR count). The highest BCUT2D eigenvalue weighted by molar-refractivity contribution is 5.13. The fourth-order valence-electron chi connectivity index (χ4n) is 1.90. The highest BCUT2D eigenvalue weighted by Crippen LogP contribution is 2.21. The van der Waals surface area contributed by atoms with Crippen LogP contribution < -0.4 is 0 Å². The van der Waals surface area contributed by atoms with Crippen molar-refractivity contribution in [3.63, 3.8) is 0 Å². The summed E-state index contributed by atoms with van der Waals surface area (Å²) in [7, 11) is 0. The molecular formula is C13H18O4. The van der Waals surface area contributed by atoms with Crippen molar-refractivity contribution < 1.29 is 19.7 Å². The van der Waals surface area contributed by atoms with Crippen LogP contribution in [-0.4, -0.2) is 34.8 Å². The van der Waals surface area contributed by atoms with Crippen LogP contribution in [0.5, 0.6) is 0 Å². The zero-order chi connectivity index (χ0) is 12.3. The van der Waals surface area contributed by atoms with Crippen LogP contribution in [0.3, 0.4) is 0 Å². The van der Waals surface area contributed by atoms with Crippen LogP contribution in [0.1, 0.15) is 18.9 Å². The first-order valence-electron chi connectivity index (χ1n) is 5.84. The molecular weight excluding hydrogens is 220 g/mol. The lowest BCUT2D eigenvalue weighted by Gasteiger charge is -2.35. The normalized spacial score (nSPS) is 33.6. The molecule has 4 nitrogen and oxygen atoms in total. The molecule has 4 atom stereocenters.